The van der Waals surface area contributed by atoms with Gasteiger partial charge in [-0.05, 0) is 26.7 Å². The maximum atomic E-state index is 12.4. The molecule has 6 nitrogen and oxygen atoms in total. The molecular formula is C14H24O6. The van der Waals surface area contributed by atoms with E-state index in [1.54, 1.807) is 34.6 Å². The van der Waals surface area contributed by atoms with Gasteiger partial charge >= 0.3 is 11.9 Å². The van der Waals surface area contributed by atoms with Gasteiger partial charge in [0.2, 0.25) is 5.92 Å². The maximum absolute atomic E-state index is 12.4. The average Bonchev–Trinajstić information content (AvgIpc) is 2.36. The van der Waals surface area contributed by atoms with Crippen LogP contribution < -0.4 is 0 Å². The highest BCUT2D eigenvalue weighted by atomic mass is 16.6. The summed E-state index contributed by atoms with van der Waals surface area (Å²) < 4.78 is 14.9. The van der Waals surface area contributed by atoms with Crippen LogP contribution in [0.1, 0.15) is 34.6 Å². The van der Waals surface area contributed by atoms with Gasteiger partial charge in [-0.3, -0.25) is 14.4 Å². The lowest BCUT2D eigenvalue weighted by molar-refractivity contribution is -0.167. The molecule has 0 saturated carbocycles. The van der Waals surface area contributed by atoms with Gasteiger partial charge in [0.1, 0.15) is 6.10 Å². The number of rotatable bonds is 9. The van der Waals surface area contributed by atoms with Crippen LogP contribution >= 0.6 is 0 Å². The number of Topliss-reactive ketones (excluding diaryl/α,β-unsaturated/α-hetero) is 1. The smallest absolute Gasteiger partial charge is 0.328 e. The highest BCUT2D eigenvalue weighted by Gasteiger charge is 2.41. The molecule has 1 unspecified atom stereocenters. The molecule has 0 bridgehead atoms. The second-order valence-electron chi connectivity index (χ2n) is 4.46. The summed E-state index contributed by atoms with van der Waals surface area (Å²) in [6, 6.07) is 0. The van der Waals surface area contributed by atoms with E-state index < -0.39 is 29.7 Å². The Kier molecular flexibility index (Phi) is 8.79. The highest BCUT2D eigenvalue weighted by molar-refractivity contribution is 6.16. The minimum Gasteiger partial charge on any atom is -0.465 e. The Bertz CT molecular complexity index is 319. The Morgan fingerprint density at radius 3 is 1.60 bits per heavy atom. The van der Waals surface area contributed by atoms with Crippen molar-refractivity contribution in [3.05, 3.63) is 0 Å². The second-order valence-corrected chi connectivity index (χ2v) is 4.46. The van der Waals surface area contributed by atoms with E-state index in [2.05, 4.69) is 0 Å². The van der Waals surface area contributed by atoms with E-state index >= 15 is 0 Å². The first-order valence-electron chi connectivity index (χ1n) is 6.89. The molecule has 0 aliphatic rings. The SMILES string of the molecule is CCOC(=O)C(C(=O)OCC)C(=O)C(OCC)C(C)C. The third kappa shape index (κ3) is 5.28. The van der Waals surface area contributed by atoms with Crippen LogP contribution in [0.5, 0.6) is 0 Å². The summed E-state index contributed by atoms with van der Waals surface area (Å²) in [7, 11) is 0. The van der Waals surface area contributed by atoms with E-state index in [0.717, 1.165) is 0 Å². The third-order valence-corrected chi connectivity index (χ3v) is 2.56. The standard InChI is InChI=1S/C14H24O6/c1-6-18-12(9(4)5)11(15)10(13(16)19-7-2)14(17)20-8-3/h9-10,12H,6-8H2,1-5H3. The summed E-state index contributed by atoms with van der Waals surface area (Å²) in [5.41, 5.74) is 0. The Morgan fingerprint density at radius 1 is 0.850 bits per heavy atom. The zero-order valence-electron chi connectivity index (χ0n) is 12.8. The van der Waals surface area contributed by atoms with Crippen LogP contribution in [0.25, 0.3) is 0 Å². The van der Waals surface area contributed by atoms with E-state index in [1.165, 1.54) is 0 Å². The maximum Gasteiger partial charge on any atom is 0.328 e. The summed E-state index contributed by atoms with van der Waals surface area (Å²) in [4.78, 5) is 36.0. The van der Waals surface area contributed by atoms with Crippen LogP contribution in [0.2, 0.25) is 0 Å². The van der Waals surface area contributed by atoms with Gasteiger partial charge in [-0.15, -0.1) is 0 Å². The van der Waals surface area contributed by atoms with E-state index in [0.29, 0.717) is 6.61 Å². The van der Waals surface area contributed by atoms with Crippen molar-refractivity contribution in [3.8, 4) is 0 Å². The van der Waals surface area contributed by atoms with Crippen molar-refractivity contribution in [3.63, 3.8) is 0 Å². The molecule has 116 valence electrons. The summed E-state index contributed by atoms with van der Waals surface area (Å²) in [5.74, 6) is -4.12. The largest absolute Gasteiger partial charge is 0.465 e. The highest BCUT2D eigenvalue weighted by Crippen LogP contribution is 2.16. The number of esters is 2. The van der Waals surface area contributed by atoms with Crippen LogP contribution in [0, 0.1) is 11.8 Å². The first kappa shape index (κ1) is 18.6. The molecule has 0 amide bonds. The van der Waals surface area contributed by atoms with Gasteiger partial charge in [0.15, 0.2) is 5.78 Å². The predicted molar refractivity (Wildman–Crippen MR) is 72.0 cm³/mol. The molecule has 0 heterocycles. The molecule has 0 aliphatic heterocycles. The number of hydrogen-bond donors (Lipinski definition) is 0. The molecular weight excluding hydrogens is 264 g/mol. The van der Waals surface area contributed by atoms with E-state index in [4.69, 9.17) is 14.2 Å². The van der Waals surface area contributed by atoms with Crippen LogP contribution in [0.15, 0.2) is 0 Å². The summed E-state index contributed by atoms with van der Waals surface area (Å²) >= 11 is 0. The van der Waals surface area contributed by atoms with Crippen LogP contribution in [0.4, 0.5) is 0 Å². The minimum absolute atomic E-state index is 0.0863. The van der Waals surface area contributed by atoms with Gasteiger partial charge in [-0.25, -0.2) is 0 Å². The summed E-state index contributed by atoms with van der Waals surface area (Å²) in [6.45, 7) is 9.00. The molecule has 0 saturated heterocycles. The zero-order chi connectivity index (χ0) is 15.7. The predicted octanol–water partition coefficient (Wildman–Crippen LogP) is 1.36. The van der Waals surface area contributed by atoms with Crippen molar-refractivity contribution in [1.82, 2.24) is 0 Å². The fourth-order valence-corrected chi connectivity index (χ4v) is 1.73. The second kappa shape index (κ2) is 9.47. The molecule has 0 aromatic heterocycles. The lowest BCUT2D eigenvalue weighted by Crippen LogP contribution is -2.43. The molecule has 0 aromatic carbocycles. The topological polar surface area (TPSA) is 78.9 Å². The van der Waals surface area contributed by atoms with Crippen LogP contribution in [-0.4, -0.2) is 43.6 Å². The normalized spacial score (nSPS) is 12.3. The van der Waals surface area contributed by atoms with E-state index in [9.17, 15) is 14.4 Å². The first-order chi connectivity index (χ1) is 9.40. The Labute approximate surface area is 119 Å². The number of ketones is 1. The van der Waals surface area contributed by atoms with Gasteiger partial charge in [0.25, 0.3) is 0 Å². The van der Waals surface area contributed by atoms with Crippen molar-refractivity contribution < 1.29 is 28.6 Å². The van der Waals surface area contributed by atoms with Crippen molar-refractivity contribution >= 4 is 17.7 Å². The van der Waals surface area contributed by atoms with Crippen molar-refractivity contribution in [2.24, 2.45) is 11.8 Å². The monoisotopic (exact) mass is 288 g/mol. The Morgan fingerprint density at radius 2 is 1.30 bits per heavy atom. The third-order valence-electron chi connectivity index (χ3n) is 2.56. The number of carbonyl (C=O) groups excluding carboxylic acids is 3. The molecule has 0 N–H and O–H groups in total. The van der Waals surface area contributed by atoms with Crippen molar-refractivity contribution in [2.75, 3.05) is 19.8 Å². The molecule has 0 aliphatic carbocycles. The zero-order valence-corrected chi connectivity index (χ0v) is 12.8. The van der Waals surface area contributed by atoms with E-state index in [1.807, 2.05) is 0 Å². The van der Waals surface area contributed by atoms with Crippen LogP contribution in [0.3, 0.4) is 0 Å². The average molecular weight is 288 g/mol. The van der Waals surface area contributed by atoms with E-state index in [-0.39, 0.29) is 19.1 Å². The Hall–Kier alpha value is -1.43. The van der Waals surface area contributed by atoms with Gasteiger partial charge in [0, 0.05) is 6.61 Å². The van der Waals surface area contributed by atoms with Crippen molar-refractivity contribution in [1.29, 1.82) is 0 Å². The van der Waals surface area contributed by atoms with Crippen molar-refractivity contribution in [2.45, 2.75) is 40.7 Å². The molecule has 0 rings (SSSR count). The molecule has 0 spiro atoms. The van der Waals surface area contributed by atoms with Crippen LogP contribution in [-0.2, 0) is 28.6 Å². The number of ether oxygens (including phenoxy) is 3. The Balaban J connectivity index is 5.22. The van der Waals surface area contributed by atoms with Gasteiger partial charge in [0.05, 0.1) is 13.2 Å². The van der Waals surface area contributed by atoms with Gasteiger partial charge in [-0.2, -0.15) is 0 Å². The molecule has 0 fully saturated rings. The lowest BCUT2D eigenvalue weighted by atomic mass is 9.93. The summed E-state index contributed by atoms with van der Waals surface area (Å²) in [6.07, 6.45) is -0.834. The molecule has 0 radical (unpaired) electrons. The number of hydrogen-bond acceptors (Lipinski definition) is 6. The van der Waals surface area contributed by atoms with Gasteiger partial charge < -0.3 is 14.2 Å². The lowest BCUT2D eigenvalue weighted by Gasteiger charge is -2.23. The quantitative estimate of drug-likeness (QED) is 0.471. The minimum atomic E-state index is -1.58. The number of carbonyl (C=O) groups is 3. The molecule has 1 atom stereocenters. The first-order valence-corrected chi connectivity index (χ1v) is 6.89. The summed E-state index contributed by atoms with van der Waals surface area (Å²) in [5, 5.41) is 0. The van der Waals surface area contributed by atoms with Gasteiger partial charge in [-0.1, -0.05) is 13.8 Å². The molecule has 0 aromatic rings. The molecule has 20 heavy (non-hydrogen) atoms. The fourth-order valence-electron chi connectivity index (χ4n) is 1.73. The fraction of sp³-hybridized carbons (Fsp3) is 0.786. The molecule has 6 heteroatoms.